The first kappa shape index (κ1) is 19.2. The van der Waals surface area contributed by atoms with Crippen LogP contribution >= 0.6 is 0 Å². The topological polar surface area (TPSA) is 75.7 Å². The molecule has 2 saturated carbocycles. The lowest BCUT2D eigenvalue weighted by atomic mass is 10.1. The van der Waals surface area contributed by atoms with Gasteiger partial charge in [-0.3, -0.25) is 4.79 Å². The Balaban J connectivity index is 1.94. The minimum absolute atomic E-state index is 0.0155. The maximum atomic E-state index is 13.2. The molecule has 0 aliphatic heterocycles. The van der Waals surface area contributed by atoms with Gasteiger partial charge in [0.2, 0.25) is 10.0 Å². The summed E-state index contributed by atoms with van der Waals surface area (Å²) in [5.41, 5.74) is 0.411. The molecule has 0 atom stereocenters. The number of rotatable bonds is 7. The van der Waals surface area contributed by atoms with Crippen molar-refractivity contribution in [3.8, 4) is 5.75 Å². The molecule has 0 unspecified atom stereocenters. The Bertz CT molecular complexity index is 766. The zero-order chi connectivity index (χ0) is 18.9. The van der Waals surface area contributed by atoms with Crippen molar-refractivity contribution in [2.24, 2.45) is 0 Å². The highest BCUT2D eigenvalue weighted by Crippen LogP contribution is 2.36. The van der Waals surface area contributed by atoms with Gasteiger partial charge in [-0.15, -0.1) is 0 Å². The fraction of sp³-hybridized carbons (Fsp3) is 0.632. The number of ether oxygens (including phenoxy) is 1. The third kappa shape index (κ3) is 4.04. The second-order valence-electron chi connectivity index (χ2n) is 7.52. The van der Waals surface area contributed by atoms with Gasteiger partial charge in [0.1, 0.15) is 10.6 Å². The molecule has 6 nitrogen and oxygen atoms in total. The quantitative estimate of drug-likeness (QED) is 0.789. The third-order valence-corrected chi connectivity index (χ3v) is 6.66. The van der Waals surface area contributed by atoms with Crippen LogP contribution in [0.25, 0.3) is 0 Å². The summed E-state index contributed by atoms with van der Waals surface area (Å²) in [7, 11) is -2.32. The van der Waals surface area contributed by atoms with Gasteiger partial charge >= 0.3 is 0 Å². The maximum Gasteiger partial charge on any atom is 0.254 e. The number of amides is 1. The van der Waals surface area contributed by atoms with Gasteiger partial charge in [0.25, 0.3) is 5.91 Å². The molecule has 0 saturated heterocycles. The van der Waals surface area contributed by atoms with E-state index < -0.39 is 10.0 Å². The molecule has 2 fully saturated rings. The number of methoxy groups -OCH3 is 1. The molecule has 1 aromatic rings. The number of nitrogens with zero attached hydrogens (tertiary/aromatic N) is 1. The van der Waals surface area contributed by atoms with Gasteiger partial charge in [0.05, 0.1) is 7.11 Å². The average molecular weight is 381 g/mol. The van der Waals surface area contributed by atoms with Gasteiger partial charge in [-0.1, -0.05) is 12.8 Å². The van der Waals surface area contributed by atoms with E-state index in [9.17, 15) is 13.2 Å². The van der Waals surface area contributed by atoms with E-state index in [1.807, 2.05) is 4.90 Å². The van der Waals surface area contributed by atoms with Crippen LogP contribution in [0, 0.1) is 0 Å². The van der Waals surface area contributed by atoms with E-state index in [4.69, 9.17) is 4.74 Å². The van der Waals surface area contributed by atoms with Crippen LogP contribution in [0.5, 0.6) is 5.75 Å². The molecule has 7 heteroatoms. The summed E-state index contributed by atoms with van der Waals surface area (Å²) in [5.74, 6) is 0.177. The summed E-state index contributed by atoms with van der Waals surface area (Å²) in [5, 5.41) is 0. The highest BCUT2D eigenvalue weighted by molar-refractivity contribution is 7.89. The summed E-state index contributed by atoms with van der Waals surface area (Å²) in [4.78, 5) is 15.2. The first-order chi connectivity index (χ1) is 12.3. The van der Waals surface area contributed by atoms with Gasteiger partial charge < -0.3 is 9.64 Å². The third-order valence-electron chi connectivity index (χ3n) is 4.98. The largest absolute Gasteiger partial charge is 0.495 e. The summed E-state index contributed by atoms with van der Waals surface area (Å²) in [6.45, 7) is 3.52. The Morgan fingerprint density at radius 3 is 2.31 bits per heavy atom. The minimum atomic E-state index is -3.75. The van der Waals surface area contributed by atoms with Crippen molar-refractivity contribution in [3.63, 3.8) is 0 Å². The smallest absolute Gasteiger partial charge is 0.254 e. The Morgan fingerprint density at radius 1 is 1.15 bits per heavy atom. The summed E-state index contributed by atoms with van der Waals surface area (Å²) in [6.07, 6.45) is 6.47. The molecule has 1 aromatic carbocycles. The van der Waals surface area contributed by atoms with Crippen LogP contribution in [0.2, 0.25) is 0 Å². The first-order valence-electron chi connectivity index (χ1n) is 9.36. The van der Waals surface area contributed by atoms with E-state index in [2.05, 4.69) is 4.72 Å². The summed E-state index contributed by atoms with van der Waals surface area (Å²) < 4.78 is 33.1. The predicted octanol–water partition coefficient (Wildman–Crippen LogP) is 2.93. The van der Waals surface area contributed by atoms with E-state index in [-0.39, 0.29) is 28.6 Å². The predicted molar refractivity (Wildman–Crippen MR) is 99.9 cm³/mol. The Morgan fingerprint density at radius 2 is 1.77 bits per heavy atom. The van der Waals surface area contributed by atoms with Crippen molar-refractivity contribution in [3.05, 3.63) is 23.8 Å². The molecular weight excluding hydrogens is 352 g/mol. The molecule has 0 aromatic heterocycles. The van der Waals surface area contributed by atoms with Crippen molar-refractivity contribution >= 4 is 15.9 Å². The molecule has 0 radical (unpaired) electrons. The van der Waals surface area contributed by atoms with E-state index in [0.29, 0.717) is 11.6 Å². The van der Waals surface area contributed by atoms with Crippen LogP contribution in [-0.4, -0.2) is 44.5 Å². The summed E-state index contributed by atoms with van der Waals surface area (Å²) in [6, 6.07) is 5.04. The molecular formula is C19H28N2O4S. The number of carbonyl (C=O) groups excluding carboxylic acids is 1. The molecule has 0 spiro atoms. The van der Waals surface area contributed by atoms with Crippen LogP contribution in [0.1, 0.15) is 62.7 Å². The molecule has 3 rings (SSSR count). The monoisotopic (exact) mass is 380 g/mol. The van der Waals surface area contributed by atoms with Gasteiger partial charge in [-0.05, 0) is 57.7 Å². The highest BCUT2D eigenvalue weighted by Gasteiger charge is 2.39. The molecule has 1 amide bonds. The Kier molecular flexibility index (Phi) is 5.58. The normalized spacial score (nSPS) is 18.3. The number of hydrogen-bond acceptors (Lipinski definition) is 4. The summed E-state index contributed by atoms with van der Waals surface area (Å²) >= 11 is 0. The van der Waals surface area contributed by atoms with Crippen molar-refractivity contribution in [2.45, 2.75) is 75.4 Å². The van der Waals surface area contributed by atoms with E-state index >= 15 is 0 Å². The van der Waals surface area contributed by atoms with Crippen molar-refractivity contribution < 1.29 is 17.9 Å². The van der Waals surface area contributed by atoms with Crippen LogP contribution in [-0.2, 0) is 10.0 Å². The molecule has 2 aliphatic rings. The van der Waals surface area contributed by atoms with Crippen LogP contribution in [0.4, 0.5) is 0 Å². The van der Waals surface area contributed by atoms with Crippen LogP contribution < -0.4 is 9.46 Å². The minimum Gasteiger partial charge on any atom is -0.495 e. The van der Waals surface area contributed by atoms with Gasteiger partial charge in [-0.25, -0.2) is 13.1 Å². The fourth-order valence-electron chi connectivity index (χ4n) is 3.71. The van der Waals surface area contributed by atoms with Crippen molar-refractivity contribution in [2.75, 3.05) is 7.11 Å². The average Bonchev–Trinajstić information content (AvgIpc) is 3.27. The van der Waals surface area contributed by atoms with Crippen molar-refractivity contribution in [1.82, 2.24) is 9.62 Å². The molecule has 0 heterocycles. The maximum absolute atomic E-state index is 13.2. The molecule has 144 valence electrons. The molecule has 0 bridgehead atoms. The second kappa shape index (κ2) is 7.56. The van der Waals surface area contributed by atoms with Gasteiger partial charge in [-0.2, -0.15) is 0 Å². The SMILES string of the molecule is COc1ccc(C(=O)N(C2CCCC2)C2CC2)cc1S(=O)(=O)NC(C)C. The van der Waals surface area contributed by atoms with Crippen LogP contribution in [0.3, 0.4) is 0 Å². The van der Waals surface area contributed by atoms with Crippen LogP contribution in [0.15, 0.2) is 23.1 Å². The fourth-order valence-corrected chi connectivity index (χ4v) is 5.15. The lowest BCUT2D eigenvalue weighted by molar-refractivity contribution is 0.0664. The number of carbonyl (C=O) groups is 1. The highest BCUT2D eigenvalue weighted by atomic mass is 32.2. The lowest BCUT2D eigenvalue weighted by Gasteiger charge is -2.29. The molecule has 1 N–H and O–H groups in total. The number of sulfonamides is 1. The zero-order valence-electron chi connectivity index (χ0n) is 15.7. The van der Waals surface area contributed by atoms with Gasteiger partial charge in [0.15, 0.2) is 0 Å². The van der Waals surface area contributed by atoms with Crippen molar-refractivity contribution in [1.29, 1.82) is 0 Å². The first-order valence-corrected chi connectivity index (χ1v) is 10.8. The molecule has 2 aliphatic carbocycles. The Labute approximate surface area is 156 Å². The number of benzene rings is 1. The zero-order valence-corrected chi connectivity index (χ0v) is 16.5. The molecule has 26 heavy (non-hydrogen) atoms. The second-order valence-corrected chi connectivity index (χ2v) is 9.21. The lowest BCUT2D eigenvalue weighted by Crippen LogP contribution is -2.40. The van der Waals surface area contributed by atoms with E-state index in [1.165, 1.54) is 13.2 Å². The standard InChI is InChI=1S/C19H28N2O4S/c1-13(2)20-26(23,24)18-12-14(8-11-17(18)25-3)19(22)21(16-9-10-16)15-6-4-5-7-15/h8,11-13,15-16,20H,4-7,9-10H2,1-3H3. The number of nitrogens with one attached hydrogen (secondary N) is 1. The van der Waals surface area contributed by atoms with E-state index in [0.717, 1.165) is 38.5 Å². The van der Waals surface area contributed by atoms with Gasteiger partial charge in [0, 0.05) is 23.7 Å². The Hall–Kier alpha value is -1.60. The van der Waals surface area contributed by atoms with E-state index in [1.54, 1.807) is 26.0 Å². The number of hydrogen-bond donors (Lipinski definition) is 1.